The highest BCUT2D eigenvalue weighted by Gasteiger charge is 2.23. The zero-order valence-corrected chi connectivity index (χ0v) is 11.8. The molecule has 0 fully saturated rings. The molecular weight excluding hydrogens is 308 g/mol. The standard InChI is InChI=1S/C10H14Br2N2/c1-10(2,7-11)14(3)9-4-5-13-6-8(9)12/h4-6H,7H2,1-3H3. The second-order valence-electron chi connectivity index (χ2n) is 3.83. The van der Waals surface area contributed by atoms with Crippen LogP contribution in [0.5, 0.6) is 0 Å². The van der Waals surface area contributed by atoms with Crippen molar-refractivity contribution in [2.75, 3.05) is 17.3 Å². The van der Waals surface area contributed by atoms with Crippen LogP contribution >= 0.6 is 31.9 Å². The topological polar surface area (TPSA) is 16.1 Å². The van der Waals surface area contributed by atoms with Gasteiger partial charge in [0.2, 0.25) is 0 Å². The van der Waals surface area contributed by atoms with E-state index in [2.05, 4.69) is 62.6 Å². The van der Waals surface area contributed by atoms with Crippen molar-refractivity contribution < 1.29 is 0 Å². The van der Waals surface area contributed by atoms with Crippen LogP contribution in [0.15, 0.2) is 22.9 Å². The Morgan fingerprint density at radius 3 is 2.64 bits per heavy atom. The van der Waals surface area contributed by atoms with Crippen molar-refractivity contribution in [1.29, 1.82) is 0 Å². The van der Waals surface area contributed by atoms with Crippen molar-refractivity contribution in [3.05, 3.63) is 22.9 Å². The van der Waals surface area contributed by atoms with Crippen LogP contribution in [-0.4, -0.2) is 22.9 Å². The zero-order chi connectivity index (χ0) is 10.8. The number of hydrogen-bond donors (Lipinski definition) is 0. The van der Waals surface area contributed by atoms with E-state index in [0.29, 0.717) is 0 Å². The van der Waals surface area contributed by atoms with E-state index in [9.17, 15) is 0 Å². The normalized spacial score (nSPS) is 11.5. The summed E-state index contributed by atoms with van der Waals surface area (Å²) in [6, 6.07) is 2.01. The van der Waals surface area contributed by atoms with Crippen LogP contribution in [0.3, 0.4) is 0 Å². The van der Waals surface area contributed by atoms with Crippen molar-refractivity contribution in [2.24, 2.45) is 0 Å². The second kappa shape index (κ2) is 4.62. The second-order valence-corrected chi connectivity index (χ2v) is 5.25. The van der Waals surface area contributed by atoms with E-state index in [0.717, 1.165) is 15.5 Å². The summed E-state index contributed by atoms with van der Waals surface area (Å²) in [5, 5.41) is 0.922. The smallest absolute Gasteiger partial charge is 0.0592 e. The molecule has 0 aromatic carbocycles. The van der Waals surface area contributed by atoms with Crippen molar-refractivity contribution in [2.45, 2.75) is 19.4 Å². The van der Waals surface area contributed by atoms with E-state index in [1.807, 2.05) is 12.3 Å². The average molecular weight is 322 g/mol. The minimum Gasteiger partial charge on any atom is -0.368 e. The Kier molecular flexibility index (Phi) is 3.95. The van der Waals surface area contributed by atoms with Gasteiger partial charge in [-0.2, -0.15) is 0 Å². The van der Waals surface area contributed by atoms with Gasteiger partial charge < -0.3 is 4.90 Å². The number of anilines is 1. The summed E-state index contributed by atoms with van der Waals surface area (Å²) in [5.41, 5.74) is 1.24. The first-order chi connectivity index (χ1) is 6.49. The lowest BCUT2D eigenvalue weighted by Crippen LogP contribution is -2.42. The highest BCUT2D eigenvalue weighted by molar-refractivity contribution is 9.10. The summed E-state index contributed by atoms with van der Waals surface area (Å²) < 4.78 is 1.02. The first kappa shape index (κ1) is 12.0. The number of nitrogens with zero attached hydrogens (tertiary/aromatic N) is 2. The Hall–Kier alpha value is -0.0900. The van der Waals surface area contributed by atoms with E-state index in [4.69, 9.17) is 0 Å². The van der Waals surface area contributed by atoms with Crippen LogP contribution in [0, 0.1) is 0 Å². The van der Waals surface area contributed by atoms with Crippen LogP contribution in [0.4, 0.5) is 5.69 Å². The Morgan fingerprint density at radius 2 is 2.14 bits per heavy atom. The number of aromatic nitrogens is 1. The molecular formula is C10H14Br2N2. The molecule has 0 saturated heterocycles. The lowest BCUT2D eigenvalue weighted by atomic mass is 10.1. The molecule has 1 heterocycles. The molecule has 78 valence electrons. The summed E-state index contributed by atoms with van der Waals surface area (Å²) in [6.07, 6.45) is 3.62. The van der Waals surface area contributed by atoms with Gasteiger partial charge in [0.15, 0.2) is 0 Å². The largest absolute Gasteiger partial charge is 0.368 e. The van der Waals surface area contributed by atoms with Crippen LogP contribution < -0.4 is 4.90 Å². The average Bonchev–Trinajstić information content (AvgIpc) is 2.17. The Balaban J connectivity index is 3.00. The summed E-state index contributed by atoms with van der Waals surface area (Å²) >= 11 is 7.02. The van der Waals surface area contributed by atoms with Gasteiger partial charge in [0.25, 0.3) is 0 Å². The number of pyridine rings is 1. The highest BCUT2D eigenvalue weighted by atomic mass is 79.9. The van der Waals surface area contributed by atoms with Crippen LogP contribution in [0.25, 0.3) is 0 Å². The van der Waals surface area contributed by atoms with Crippen molar-refractivity contribution in [1.82, 2.24) is 4.98 Å². The van der Waals surface area contributed by atoms with Gasteiger partial charge in [0.1, 0.15) is 0 Å². The van der Waals surface area contributed by atoms with Gasteiger partial charge in [-0.1, -0.05) is 15.9 Å². The van der Waals surface area contributed by atoms with Gasteiger partial charge >= 0.3 is 0 Å². The van der Waals surface area contributed by atoms with E-state index >= 15 is 0 Å². The maximum Gasteiger partial charge on any atom is 0.0592 e. The van der Waals surface area contributed by atoms with Crippen molar-refractivity contribution in [3.63, 3.8) is 0 Å². The molecule has 0 amide bonds. The molecule has 0 N–H and O–H groups in total. The maximum atomic E-state index is 4.05. The van der Waals surface area contributed by atoms with Gasteiger partial charge in [-0.15, -0.1) is 0 Å². The zero-order valence-electron chi connectivity index (χ0n) is 8.59. The SMILES string of the molecule is CN(c1ccncc1Br)C(C)(C)CBr. The molecule has 2 nitrogen and oxygen atoms in total. The van der Waals surface area contributed by atoms with Crippen LogP contribution in [0.2, 0.25) is 0 Å². The molecule has 1 aromatic heterocycles. The summed E-state index contributed by atoms with van der Waals surface area (Å²) in [6.45, 7) is 4.38. The Bertz CT molecular complexity index is 313. The van der Waals surface area contributed by atoms with Gasteiger partial charge in [-0.25, -0.2) is 0 Å². The predicted octanol–water partition coefficient (Wildman–Crippen LogP) is 3.45. The van der Waals surface area contributed by atoms with Crippen molar-refractivity contribution >= 4 is 37.5 Å². The van der Waals surface area contributed by atoms with Gasteiger partial charge in [0, 0.05) is 30.3 Å². The predicted molar refractivity (Wildman–Crippen MR) is 68.2 cm³/mol. The number of alkyl halides is 1. The van der Waals surface area contributed by atoms with E-state index in [-0.39, 0.29) is 5.54 Å². The van der Waals surface area contributed by atoms with E-state index in [1.165, 1.54) is 0 Å². The number of rotatable bonds is 3. The Morgan fingerprint density at radius 1 is 1.50 bits per heavy atom. The van der Waals surface area contributed by atoms with E-state index < -0.39 is 0 Å². The molecule has 1 aromatic rings. The number of hydrogen-bond acceptors (Lipinski definition) is 2. The number of halogens is 2. The molecule has 14 heavy (non-hydrogen) atoms. The molecule has 1 rings (SSSR count). The minimum atomic E-state index is 0.0872. The third-order valence-corrected chi connectivity index (χ3v) is 4.33. The third kappa shape index (κ3) is 2.48. The first-order valence-corrected chi connectivity index (χ1v) is 6.30. The summed E-state index contributed by atoms with van der Waals surface area (Å²) in [7, 11) is 2.08. The fraction of sp³-hybridized carbons (Fsp3) is 0.500. The Labute approximate surface area is 102 Å². The molecule has 0 unspecified atom stereocenters. The first-order valence-electron chi connectivity index (χ1n) is 4.38. The lowest BCUT2D eigenvalue weighted by Gasteiger charge is -2.36. The van der Waals surface area contributed by atoms with E-state index in [1.54, 1.807) is 6.20 Å². The fourth-order valence-corrected chi connectivity index (χ4v) is 1.95. The van der Waals surface area contributed by atoms with Gasteiger partial charge in [0.05, 0.1) is 10.2 Å². The molecule has 4 heteroatoms. The minimum absolute atomic E-state index is 0.0872. The summed E-state index contributed by atoms with van der Waals surface area (Å²) in [5.74, 6) is 0. The maximum absolute atomic E-state index is 4.05. The van der Waals surface area contributed by atoms with Gasteiger partial charge in [-0.3, -0.25) is 4.98 Å². The molecule has 0 aliphatic carbocycles. The quantitative estimate of drug-likeness (QED) is 0.793. The molecule has 0 saturated carbocycles. The monoisotopic (exact) mass is 320 g/mol. The summed E-state index contributed by atoms with van der Waals surface area (Å²) in [4.78, 5) is 6.28. The van der Waals surface area contributed by atoms with Crippen LogP contribution in [-0.2, 0) is 0 Å². The third-order valence-electron chi connectivity index (χ3n) is 2.35. The molecule has 0 radical (unpaired) electrons. The van der Waals surface area contributed by atoms with Crippen molar-refractivity contribution in [3.8, 4) is 0 Å². The lowest BCUT2D eigenvalue weighted by molar-refractivity contribution is 0.551. The highest BCUT2D eigenvalue weighted by Crippen LogP contribution is 2.29. The fourth-order valence-electron chi connectivity index (χ4n) is 1.06. The molecule has 0 aliphatic rings. The molecule has 0 spiro atoms. The van der Waals surface area contributed by atoms with Crippen LogP contribution in [0.1, 0.15) is 13.8 Å². The molecule has 0 atom stereocenters. The molecule has 0 aliphatic heterocycles. The van der Waals surface area contributed by atoms with Gasteiger partial charge in [-0.05, 0) is 35.8 Å². The molecule has 0 bridgehead atoms.